The molecule has 0 fully saturated rings. The molecule has 34 heavy (non-hydrogen) atoms. The van der Waals surface area contributed by atoms with Gasteiger partial charge in [0.05, 0.1) is 22.6 Å². The first-order chi connectivity index (χ1) is 16.8. The molecule has 0 N–H and O–H groups in total. The van der Waals surface area contributed by atoms with E-state index in [1.807, 2.05) is 60.7 Å². The molecule has 0 atom stereocenters. The number of ether oxygens (including phenoxy) is 1. The molecular weight excluding hydrogens is 418 g/mol. The van der Waals surface area contributed by atoms with Gasteiger partial charge in [-0.3, -0.25) is 4.98 Å². The number of nitriles is 1. The molecule has 0 spiro atoms. The van der Waals surface area contributed by atoms with Crippen molar-refractivity contribution < 1.29 is 4.74 Å². The highest BCUT2D eigenvalue weighted by atomic mass is 16.5. The second kappa shape index (κ2) is 8.23. The first kappa shape index (κ1) is 19.8. The van der Waals surface area contributed by atoms with Crippen molar-refractivity contribution >= 4 is 17.1 Å². The minimum atomic E-state index is 0.550. The Morgan fingerprint density at radius 2 is 1.12 bits per heavy atom. The largest absolute Gasteiger partial charge is 0.453 e. The van der Waals surface area contributed by atoms with Gasteiger partial charge >= 0.3 is 0 Å². The van der Waals surface area contributed by atoms with E-state index in [0.717, 1.165) is 50.8 Å². The summed E-state index contributed by atoms with van der Waals surface area (Å²) in [6.45, 7) is 0. The van der Waals surface area contributed by atoms with Crippen molar-refractivity contribution in [3.8, 4) is 39.8 Å². The van der Waals surface area contributed by atoms with Crippen molar-refractivity contribution in [3.05, 3.63) is 121 Å². The first-order valence-corrected chi connectivity index (χ1v) is 11.0. The maximum absolute atomic E-state index is 9.71. The van der Waals surface area contributed by atoms with Crippen molar-refractivity contribution in [3.63, 3.8) is 0 Å². The van der Waals surface area contributed by atoms with Crippen molar-refractivity contribution in [2.75, 3.05) is 4.90 Å². The summed E-state index contributed by atoms with van der Waals surface area (Å²) in [6.07, 6.45) is 3.35. The van der Waals surface area contributed by atoms with E-state index in [0.29, 0.717) is 5.56 Å². The maximum atomic E-state index is 9.71. The lowest BCUT2D eigenvalue weighted by Gasteiger charge is -2.34. The number of nitrogens with zero attached hydrogens (tertiary/aromatic N) is 3. The summed E-state index contributed by atoms with van der Waals surface area (Å²) in [5, 5.41) is 9.71. The fraction of sp³-hybridized carbons (Fsp3) is 0. The number of fused-ring (bicyclic) bond motifs is 2. The highest BCUT2D eigenvalue weighted by Crippen LogP contribution is 2.52. The summed E-state index contributed by atoms with van der Waals surface area (Å²) in [4.78, 5) is 6.39. The molecule has 4 aromatic carbocycles. The summed E-state index contributed by atoms with van der Waals surface area (Å²) >= 11 is 0. The van der Waals surface area contributed by atoms with E-state index in [4.69, 9.17) is 4.74 Å². The van der Waals surface area contributed by atoms with Crippen molar-refractivity contribution in [1.82, 2.24) is 4.98 Å². The molecule has 0 amide bonds. The molecular formula is C30H19N3O. The lowest BCUT2D eigenvalue weighted by molar-refractivity contribution is 0.477. The second-order valence-electron chi connectivity index (χ2n) is 7.97. The predicted octanol–water partition coefficient (Wildman–Crippen LogP) is 7.86. The number of hydrogen-bond donors (Lipinski definition) is 0. The monoisotopic (exact) mass is 437 g/mol. The molecule has 2 heterocycles. The molecule has 160 valence electrons. The molecule has 0 saturated carbocycles. The number of rotatable bonds is 3. The molecule has 4 nitrogen and oxygen atoms in total. The van der Waals surface area contributed by atoms with Crippen LogP contribution in [-0.2, 0) is 0 Å². The molecule has 0 saturated heterocycles. The minimum absolute atomic E-state index is 0.550. The van der Waals surface area contributed by atoms with Crippen LogP contribution in [0.2, 0.25) is 0 Å². The van der Waals surface area contributed by atoms with Gasteiger partial charge in [-0.05, 0) is 47.5 Å². The summed E-state index contributed by atoms with van der Waals surface area (Å²) in [6, 6.07) is 36.9. The first-order valence-electron chi connectivity index (χ1n) is 11.0. The Bertz CT molecular complexity index is 1520. The fourth-order valence-corrected chi connectivity index (χ4v) is 4.53. The Labute approximate surface area is 198 Å². The SMILES string of the molecule is N#Cc1cnccc1-c1ccccc1-c1ccccc1N1c2ccccc2Oc2ccccc21. The Hall–Kier alpha value is -4.88. The average Bonchev–Trinajstić information content (AvgIpc) is 2.91. The van der Waals surface area contributed by atoms with Gasteiger partial charge in [-0.1, -0.05) is 66.7 Å². The molecule has 0 radical (unpaired) electrons. The highest BCUT2D eigenvalue weighted by Gasteiger charge is 2.27. The van der Waals surface area contributed by atoms with Gasteiger partial charge < -0.3 is 9.64 Å². The van der Waals surface area contributed by atoms with Crippen molar-refractivity contribution in [1.29, 1.82) is 5.26 Å². The molecule has 1 aliphatic heterocycles. The van der Waals surface area contributed by atoms with Gasteiger partial charge in [0.2, 0.25) is 0 Å². The molecule has 6 rings (SSSR count). The summed E-state index contributed by atoms with van der Waals surface area (Å²) in [5.74, 6) is 1.62. The van der Waals surface area contributed by atoms with E-state index in [9.17, 15) is 5.26 Å². The van der Waals surface area contributed by atoms with Gasteiger partial charge in [0.25, 0.3) is 0 Å². The zero-order valence-corrected chi connectivity index (χ0v) is 18.2. The van der Waals surface area contributed by atoms with Crippen LogP contribution in [0, 0.1) is 11.3 Å². The quantitative estimate of drug-likeness (QED) is 0.283. The third-order valence-electron chi connectivity index (χ3n) is 6.03. The molecule has 0 bridgehead atoms. The number of para-hydroxylation sites is 5. The van der Waals surface area contributed by atoms with Gasteiger partial charge in [0.1, 0.15) is 6.07 Å². The number of anilines is 3. The van der Waals surface area contributed by atoms with Crippen LogP contribution in [-0.4, -0.2) is 4.98 Å². The zero-order chi connectivity index (χ0) is 22.9. The van der Waals surface area contributed by atoms with E-state index in [1.54, 1.807) is 12.4 Å². The maximum Gasteiger partial charge on any atom is 0.151 e. The topological polar surface area (TPSA) is 49.2 Å². The number of benzene rings is 4. The van der Waals surface area contributed by atoms with Crippen LogP contribution in [0.3, 0.4) is 0 Å². The van der Waals surface area contributed by atoms with Crippen LogP contribution < -0.4 is 9.64 Å². The van der Waals surface area contributed by atoms with Gasteiger partial charge in [-0.15, -0.1) is 0 Å². The Morgan fingerprint density at radius 1 is 0.588 bits per heavy atom. The van der Waals surface area contributed by atoms with Gasteiger partial charge in [-0.25, -0.2) is 0 Å². The average molecular weight is 438 g/mol. The summed E-state index contributed by atoms with van der Waals surface area (Å²) in [5.41, 5.74) is 7.50. The summed E-state index contributed by atoms with van der Waals surface area (Å²) < 4.78 is 6.21. The number of hydrogen-bond acceptors (Lipinski definition) is 4. The Morgan fingerprint density at radius 3 is 1.76 bits per heavy atom. The molecule has 1 aromatic heterocycles. The van der Waals surface area contributed by atoms with E-state index < -0.39 is 0 Å². The van der Waals surface area contributed by atoms with Gasteiger partial charge in [0.15, 0.2) is 11.5 Å². The van der Waals surface area contributed by atoms with Crippen LogP contribution in [0.1, 0.15) is 5.56 Å². The lowest BCUT2D eigenvalue weighted by Crippen LogP contribution is -2.16. The zero-order valence-electron chi connectivity index (χ0n) is 18.2. The van der Waals surface area contributed by atoms with E-state index >= 15 is 0 Å². The number of pyridine rings is 1. The Kier molecular flexibility index (Phi) is 4.79. The molecule has 0 unspecified atom stereocenters. The lowest BCUT2D eigenvalue weighted by atomic mass is 9.91. The van der Waals surface area contributed by atoms with Crippen molar-refractivity contribution in [2.45, 2.75) is 0 Å². The standard InChI is InChI=1S/C30H19N3O/c31-19-21-20-32-18-17-22(21)23-9-1-2-10-24(23)25-11-3-4-12-26(25)33-27-13-5-7-15-29(27)34-30-16-8-6-14-28(30)33/h1-18,20H. The third kappa shape index (κ3) is 3.19. The minimum Gasteiger partial charge on any atom is -0.453 e. The molecule has 4 heteroatoms. The van der Waals surface area contributed by atoms with Crippen LogP contribution >= 0.6 is 0 Å². The van der Waals surface area contributed by atoms with E-state index in [1.165, 1.54) is 0 Å². The van der Waals surface area contributed by atoms with Crippen LogP contribution in [0.4, 0.5) is 17.1 Å². The molecule has 0 aliphatic carbocycles. The molecule has 1 aliphatic rings. The van der Waals surface area contributed by atoms with Crippen molar-refractivity contribution in [2.24, 2.45) is 0 Å². The van der Waals surface area contributed by atoms with E-state index in [2.05, 4.69) is 58.4 Å². The highest BCUT2D eigenvalue weighted by molar-refractivity contribution is 5.96. The Balaban J connectivity index is 1.61. The normalized spacial score (nSPS) is 11.7. The van der Waals surface area contributed by atoms with E-state index in [-0.39, 0.29) is 0 Å². The van der Waals surface area contributed by atoms with Crippen LogP contribution in [0.5, 0.6) is 11.5 Å². The van der Waals surface area contributed by atoms with Gasteiger partial charge in [-0.2, -0.15) is 5.26 Å². The second-order valence-corrected chi connectivity index (χ2v) is 7.97. The predicted molar refractivity (Wildman–Crippen MR) is 135 cm³/mol. The fourth-order valence-electron chi connectivity index (χ4n) is 4.53. The van der Waals surface area contributed by atoms with Crippen LogP contribution in [0.15, 0.2) is 116 Å². The molecule has 5 aromatic rings. The third-order valence-corrected chi connectivity index (χ3v) is 6.03. The smallest absolute Gasteiger partial charge is 0.151 e. The van der Waals surface area contributed by atoms with Crippen LogP contribution in [0.25, 0.3) is 22.3 Å². The number of aromatic nitrogens is 1. The summed E-state index contributed by atoms with van der Waals surface area (Å²) in [7, 11) is 0. The van der Waals surface area contributed by atoms with Gasteiger partial charge in [0, 0.05) is 23.5 Å².